The van der Waals surface area contributed by atoms with Gasteiger partial charge in [-0.25, -0.2) is 9.78 Å². The van der Waals surface area contributed by atoms with Gasteiger partial charge in [-0.1, -0.05) is 12.1 Å². The Morgan fingerprint density at radius 1 is 1.27 bits per heavy atom. The van der Waals surface area contributed by atoms with Gasteiger partial charge in [-0.2, -0.15) is 0 Å². The highest BCUT2D eigenvalue weighted by Crippen LogP contribution is 2.11. The molecule has 1 heterocycles. The quantitative estimate of drug-likeness (QED) is 0.943. The van der Waals surface area contributed by atoms with Crippen molar-refractivity contribution in [3.05, 3.63) is 53.7 Å². The summed E-state index contributed by atoms with van der Waals surface area (Å²) >= 11 is 0. The maximum absolute atomic E-state index is 12.1. The van der Waals surface area contributed by atoms with E-state index in [0.717, 1.165) is 16.0 Å². The number of carbonyl (C=O) groups excluding carboxylic acids is 1. The Hall–Kier alpha value is -2.21. The maximum atomic E-state index is 12.1. The second-order valence-corrected chi connectivity index (χ2v) is 6.48. The normalized spacial score (nSPS) is 11.8. The third-order valence-electron chi connectivity index (χ3n) is 3.17. The van der Waals surface area contributed by atoms with Crippen LogP contribution in [0.3, 0.4) is 0 Å². The van der Waals surface area contributed by atoms with Gasteiger partial charge in [-0.15, -0.1) is 0 Å². The minimum atomic E-state index is -0.989. The highest BCUT2D eigenvalue weighted by atomic mass is 32.2. The number of aryl methyl sites for hydroxylation is 1. The van der Waals surface area contributed by atoms with E-state index in [-0.39, 0.29) is 6.03 Å². The summed E-state index contributed by atoms with van der Waals surface area (Å²) in [6.07, 6.45) is 3.30. The van der Waals surface area contributed by atoms with Crippen molar-refractivity contribution in [2.24, 2.45) is 0 Å². The zero-order valence-corrected chi connectivity index (χ0v) is 13.7. The third-order valence-corrected chi connectivity index (χ3v) is 4.11. The van der Waals surface area contributed by atoms with Gasteiger partial charge in [0.25, 0.3) is 0 Å². The van der Waals surface area contributed by atoms with Crippen LogP contribution in [0.4, 0.5) is 10.6 Å². The van der Waals surface area contributed by atoms with E-state index in [2.05, 4.69) is 10.3 Å². The molecule has 0 aliphatic carbocycles. The molecule has 0 saturated heterocycles. The molecular weight excluding hydrogens is 298 g/mol. The van der Waals surface area contributed by atoms with Crippen molar-refractivity contribution < 1.29 is 9.00 Å². The SMILES string of the molecule is Cc1ccnc(NC(=O)N(C)Cc2ccc(S(C)=O)cc2)c1. The number of urea groups is 1. The molecule has 0 spiro atoms. The van der Waals surface area contributed by atoms with Crippen molar-refractivity contribution in [1.82, 2.24) is 9.88 Å². The fraction of sp³-hybridized carbons (Fsp3) is 0.250. The molecule has 1 atom stereocenters. The van der Waals surface area contributed by atoms with E-state index < -0.39 is 10.8 Å². The standard InChI is InChI=1S/C16H19N3O2S/c1-12-8-9-17-15(10-12)18-16(20)19(2)11-13-4-6-14(7-5-13)22(3)21/h4-10H,11H2,1-3H3,(H,17,18,20). The van der Waals surface area contributed by atoms with Crippen LogP contribution < -0.4 is 5.32 Å². The molecule has 1 unspecified atom stereocenters. The average Bonchev–Trinajstić information content (AvgIpc) is 2.47. The molecular formula is C16H19N3O2S. The molecule has 2 aromatic rings. The van der Waals surface area contributed by atoms with Gasteiger partial charge in [0.2, 0.25) is 0 Å². The molecule has 0 saturated carbocycles. The molecule has 0 bridgehead atoms. The number of pyridine rings is 1. The number of aromatic nitrogens is 1. The van der Waals surface area contributed by atoms with E-state index in [9.17, 15) is 9.00 Å². The third kappa shape index (κ3) is 4.39. The van der Waals surface area contributed by atoms with E-state index in [1.165, 1.54) is 0 Å². The Morgan fingerprint density at radius 2 is 1.95 bits per heavy atom. The van der Waals surface area contributed by atoms with Crippen LogP contribution in [0, 0.1) is 6.92 Å². The molecule has 22 heavy (non-hydrogen) atoms. The second-order valence-electron chi connectivity index (χ2n) is 5.10. The first kappa shape index (κ1) is 16.2. The number of hydrogen-bond donors (Lipinski definition) is 1. The number of nitrogens with one attached hydrogen (secondary N) is 1. The van der Waals surface area contributed by atoms with Crippen molar-refractivity contribution in [3.8, 4) is 0 Å². The highest BCUT2D eigenvalue weighted by molar-refractivity contribution is 7.84. The van der Waals surface area contributed by atoms with Gasteiger partial charge in [0, 0.05) is 41.7 Å². The molecule has 6 heteroatoms. The Balaban J connectivity index is 1.97. The molecule has 0 fully saturated rings. The number of hydrogen-bond acceptors (Lipinski definition) is 3. The summed E-state index contributed by atoms with van der Waals surface area (Å²) in [7, 11) is 0.731. The zero-order chi connectivity index (χ0) is 16.1. The molecule has 0 radical (unpaired) electrons. The van der Waals surface area contributed by atoms with E-state index >= 15 is 0 Å². The Labute approximate surface area is 132 Å². The first-order valence-electron chi connectivity index (χ1n) is 6.83. The zero-order valence-electron chi connectivity index (χ0n) is 12.9. The monoisotopic (exact) mass is 317 g/mol. The van der Waals surface area contributed by atoms with Gasteiger partial charge < -0.3 is 4.90 Å². The van der Waals surface area contributed by atoms with Crippen LogP contribution in [0.2, 0.25) is 0 Å². The van der Waals surface area contributed by atoms with E-state index in [1.807, 2.05) is 43.3 Å². The number of carbonyl (C=O) groups is 1. The fourth-order valence-corrected chi connectivity index (χ4v) is 2.46. The molecule has 1 N–H and O–H groups in total. The predicted octanol–water partition coefficient (Wildman–Crippen LogP) is 2.79. The molecule has 116 valence electrons. The lowest BCUT2D eigenvalue weighted by molar-refractivity contribution is 0.220. The Bertz CT molecular complexity index is 686. The van der Waals surface area contributed by atoms with Gasteiger partial charge in [0.05, 0.1) is 0 Å². The van der Waals surface area contributed by atoms with E-state index in [4.69, 9.17) is 0 Å². The smallest absolute Gasteiger partial charge is 0.323 e. The highest BCUT2D eigenvalue weighted by Gasteiger charge is 2.10. The average molecular weight is 317 g/mol. The van der Waals surface area contributed by atoms with Crippen LogP contribution in [0.15, 0.2) is 47.5 Å². The lowest BCUT2D eigenvalue weighted by atomic mass is 10.2. The Kier molecular flexibility index (Phi) is 5.27. The van der Waals surface area contributed by atoms with Crippen LogP contribution in [0.1, 0.15) is 11.1 Å². The van der Waals surface area contributed by atoms with Crippen molar-refractivity contribution in [2.75, 3.05) is 18.6 Å². The van der Waals surface area contributed by atoms with Gasteiger partial charge >= 0.3 is 6.03 Å². The largest absolute Gasteiger partial charge is 0.323 e. The van der Waals surface area contributed by atoms with Gasteiger partial charge in [0.1, 0.15) is 5.82 Å². The first-order valence-corrected chi connectivity index (χ1v) is 8.38. The van der Waals surface area contributed by atoms with Crippen molar-refractivity contribution in [2.45, 2.75) is 18.4 Å². The molecule has 2 rings (SSSR count). The summed E-state index contributed by atoms with van der Waals surface area (Å²) in [5, 5.41) is 2.76. The molecule has 0 aliphatic heterocycles. The number of benzene rings is 1. The van der Waals surface area contributed by atoms with Gasteiger partial charge in [-0.3, -0.25) is 9.53 Å². The number of nitrogens with zero attached hydrogens (tertiary/aromatic N) is 2. The topological polar surface area (TPSA) is 62.3 Å². The minimum absolute atomic E-state index is 0.221. The summed E-state index contributed by atoms with van der Waals surface area (Å²) in [5.74, 6) is 0.536. The first-order chi connectivity index (χ1) is 10.5. The van der Waals surface area contributed by atoms with E-state index in [1.54, 1.807) is 24.4 Å². The number of anilines is 1. The number of amides is 2. The van der Waals surface area contributed by atoms with Crippen molar-refractivity contribution >= 4 is 22.6 Å². The van der Waals surface area contributed by atoms with Gasteiger partial charge in [-0.05, 0) is 42.3 Å². The molecule has 5 nitrogen and oxygen atoms in total. The predicted molar refractivity (Wildman–Crippen MR) is 88.2 cm³/mol. The lowest BCUT2D eigenvalue weighted by Gasteiger charge is -2.18. The van der Waals surface area contributed by atoms with Crippen LogP contribution in [-0.4, -0.2) is 33.4 Å². The fourth-order valence-electron chi connectivity index (χ4n) is 1.94. The minimum Gasteiger partial charge on any atom is -0.323 e. The number of rotatable bonds is 4. The van der Waals surface area contributed by atoms with E-state index in [0.29, 0.717) is 12.4 Å². The molecule has 0 aliphatic rings. The Morgan fingerprint density at radius 3 is 2.55 bits per heavy atom. The van der Waals surface area contributed by atoms with Gasteiger partial charge in [0.15, 0.2) is 0 Å². The molecule has 1 aromatic heterocycles. The summed E-state index contributed by atoms with van der Waals surface area (Å²) < 4.78 is 11.3. The summed E-state index contributed by atoms with van der Waals surface area (Å²) in [6.45, 7) is 2.41. The molecule has 2 amide bonds. The lowest BCUT2D eigenvalue weighted by Crippen LogP contribution is -2.31. The molecule has 1 aromatic carbocycles. The van der Waals surface area contributed by atoms with Crippen molar-refractivity contribution in [3.63, 3.8) is 0 Å². The van der Waals surface area contributed by atoms with Crippen LogP contribution in [0.5, 0.6) is 0 Å². The van der Waals surface area contributed by atoms with Crippen LogP contribution in [0.25, 0.3) is 0 Å². The summed E-state index contributed by atoms with van der Waals surface area (Å²) in [6, 6.07) is 10.9. The van der Waals surface area contributed by atoms with Crippen LogP contribution in [-0.2, 0) is 17.3 Å². The van der Waals surface area contributed by atoms with Crippen molar-refractivity contribution in [1.29, 1.82) is 0 Å². The second kappa shape index (κ2) is 7.17. The summed E-state index contributed by atoms with van der Waals surface area (Å²) in [5.41, 5.74) is 2.01. The summed E-state index contributed by atoms with van der Waals surface area (Å²) in [4.78, 5) is 18.6. The maximum Gasteiger partial charge on any atom is 0.323 e. The van der Waals surface area contributed by atoms with Crippen LogP contribution >= 0.6 is 0 Å².